The van der Waals surface area contributed by atoms with Crippen molar-refractivity contribution in [2.75, 3.05) is 6.61 Å². The summed E-state index contributed by atoms with van der Waals surface area (Å²) >= 11 is 0. The van der Waals surface area contributed by atoms with Gasteiger partial charge in [-0.2, -0.15) is 0 Å². The molecular weight excluding hydrogens is 316 g/mol. The van der Waals surface area contributed by atoms with Crippen molar-refractivity contribution in [2.45, 2.75) is 19.9 Å². The highest BCUT2D eigenvalue weighted by molar-refractivity contribution is 5.92. The molecule has 0 radical (unpaired) electrons. The molecule has 24 heavy (non-hydrogen) atoms. The van der Waals surface area contributed by atoms with Crippen LogP contribution in [0, 0.1) is 18.6 Å². The van der Waals surface area contributed by atoms with Gasteiger partial charge in [0.25, 0.3) is 5.91 Å². The van der Waals surface area contributed by atoms with Gasteiger partial charge in [-0.15, -0.1) is 0 Å². The van der Waals surface area contributed by atoms with E-state index < -0.39 is 36.2 Å². The number of ether oxygens (including phenoxy) is 1. The number of halogens is 2. The maximum absolute atomic E-state index is 13.7. The highest BCUT2D eigenvalue weighted by atomic mass is 19.1. The molecule has 2 rings (SSSR count). The molecular formula is C18H17F2NO3. The number of carbonyl (C=O) groups excluding carboxylic acids is 2. The zero-order valence-electron chi connectivity index (χ0n) is 13.3. The van der Waals surface area contributed by atoms with E-state index in [0.29, 0.717) is 5.56 Å². The molecule has 0 spiro atoms. The van der Waals surface area contributed by atoms with E-state index in [1.807, 2.05) is 0 Å². The van der Waals surface area contributed by atoms with Crippen LogP contribution in [-0.2, 0) is 9.53 Å². The first-order valence-corrected chi connectivity index (χ1v) is 7.35. The monoisotopic (exact) mass is 333 g/mol. The van der Waals surface area contributed by atoms with Gasteiger partial charge in [0.05, 0.1) is 11.6 Å². The molecule has 0 saturated carbocycles. The Morgan fingerprint density at radius 1 is 1.17 bits per heavy atom. The summed E-state index contributed by atoms with van der Waals surface area (Å²) in [4.78, 5) is 23.8. The van der Waals surface area contributed by atoms with Crippen LogP contribution in [0.1, 0.15) is 34.5 Å². The van der Waals surface area contributed by atoms with E-state index in [1.165, 1.54) is 6.07 Å². The van der Waals surface area contributed by atoms with Crippen molar-refractivity contribution >= 4 is 11.9 Å². The first-order chi connectivity index (χ1) is 11.4. The number of esters is 1. The van der Waals surface area contributed by atoms with Crippen molar-refractivity contribution in [1.29, 1.82) is 0 Å². The normalized spacial score (nSPS) is 11.7. The van der Waals surface area contributed by atoms with Gasteiger partial charge >= 0.3 is 5.97 Å². The topological polar surface area (TPSA) is 55.4 Å². The summed E-state index contributed by atoms with van der Waals surface area (Å²) in [6, 6.07) is 9.28. The molecule has 0 aromatic heterocycles. The molecule has 1 atom stereocenters. The van der Waals surface area contributed by atoms with Crippen LogP contribution in [0.25, 0.3) is 0 Å². The first kappa shape index (κ1) is 17.6. The van der Waals surface area contributed by atoms with Gasteiger partial charge in [-0.05, 0) is 31.5 Å². The van der Waals surface area contributed by atoms with Crippen LogP contribution in [0.5, 0.6) is 0 Å². The Hall–Kier alpha value is -2.76. The quantitative estimate of drug-likeness (QED) is 0.854. The molecule has 1 amide bonds. The van der Waals surface area contributed by atoms with Crippen LogP contribution in [-0.4, -0.2) is 18.5 Å². The fourth-order valence-corrected chi connectivity index (χ4v) is 2.22. The van der Waals surface area contributed by atoms with Gasteiger partial charge in [-0.1, -0.05) is 24.3 Å². The molecule has 0 aliphatic carbocycles. The molecule has 126 valence electrons. The Kier molecular flexibility index (Phi) is 5.63. The molecule has 0 aliphatic heterocycles. The van der Waals surface area contributed by atoms with Crippen LogP contribution < -0.4 is 5.32 Å². The minimum atomic E-state index is -0.750. The summed E-state index contributed by atoms with van der Waals surface area (Å²) in [5.41, 5.74) is 1.27. The fourth-order valence-electron chi connectivity index (χ4n) is 2.22. The van der Waals surface area contributed by atoms with Crippen molar-refractivity contribution < 1.29 is 23.1 Å². The zero-order valence-corrected chi connectivity index (χ0v) is 13.3. The average Bonchev–Trinajstić information content (AvgIpc) is 2.52. The number of nitrogens with one attached hydrogen (secondary N) is 1. The van der Waals surface area contributed by atoms with Gasteiger partial charge in [0.1, 0.15) is 11.6 Å². The smallest absolute Gasteiger partial charge is 0.338 e. The van der Waals surface area contributed by atoms with Crippen molar-refractivity contribution in [1.82, 2.24) is 5.32 Å². The molecule has 1 N–H and O–H groups in total. The van der Waals surface area contributed by atoms with Crippen molar-refractivity contribution in [3.05, 3.63) is 70.8 Å². The van der Waals surface area contributed by atoms with Gasteiger partial charge in [-0.3, -0.25) is 4.79 Å². The number of hydrogen-bond donors (Lipinski definition) is 1. The second-order valence-corrected chi connectivity index (χ2v) is 5.35. The Bertz CT molecular complexity index is 762. The molecule has 0 fully saturated rings. The average molecular weight is 333 g/mol. The van der Waals surface area contributed by atoms with E-state index in [4.69, 9.17) is 4.74 Å². The third-order valence-corrected chi connectivity index (χ3v) is 3.51. The molecule has 0 saturated heterocycles. The summed E-state index contributed by atoms with van der Waals surface area (Å²) in [5, 5.41) is 2.50. The van der Waals surface area contributed by atoms with Crippen LogP contribution >= 0.6 is 0 Å². The van der Waals surface area contributed by atoms with Crippen LogP contribution in [0.3, 0.4) is 0 Å². The van der Waals surface area contributed by atoms with E-state index in [-0.39, 0.29) is 5.56 Å². The number of amides is 1. The molecule has 0 unspecified atom stereocenters. The molecule has 0 heterocycles. The van der Waals surface area contributed by atoms with E-state index in [1.54, 1.807) is 38.1 Å². The maximum Gasteiger partial charge on any atom is 0.338 e. The van der Waals surface area contributed by atoms with E-state index in [0.717, 1.165) is 17.7 Å². The van der Waals surface area contributed by atoms with Gasteiger partial charge < -0.3 is 10.1 Å². The lowest BCUT2D eigenvalue weighted by atomic mass is 10.1. The maximum atomic E-state index is 13.7. The Morgan fingerprint density at radius 2 is 1.88 bits per heavy atom. The number of aryl methyl sites for hydroxylation is 1. The predicted molar refractivity (Wildman–Crippen MR) is 84.4 cm³/mol. The molecule has 6 heteroatoms. The number of carbonyl (C=O) groups is 2. The minimum Gasteiger partial charge on any atom is -0.452 e. The number of rotatable bonds is 5. The number of hydrogen-bond acceptors (Lipinski definition) is 3. The van der Waals surface area contributed by atoms with Gasteiger partial charge in [0.15, 0.2) is 6.61 Å². The lowest BCUT2D eigenvalue weighted by Crippen LogP contribution is -2.31. The SMILES string of the molecule is Cc1ccccc1C(=O)OCC(=O)N[C@H](C)c1ccc(F)cc1F. The summed E-state index contributed by atoms with van der Waals surface area (Å²) in [5.74, 6) is -2.63. The summed E-state index contributed by atoms with van der Waals surface area (Å²) in [6.07, 6.45) is 0. The molecule has 0 aliphatic rings. The Labute approximate surface area is 138 Å². The lowest BCUT2D eigenvalue weighted by molar-refractivity contribution is -0.124. The molecule has 2 aromatic rings. The third-order valence-electron chi connectivity index (χ3n) is 3.51. The van der Waals surface area contributed by atoms with Crippen molar-refractivity contribution in [3.8, 4) is 0 Å². The zero-order chi connectivity index (χ0) is 17.7. The number of benzene rings is 2. The minimum absolute atomic E-state index is 0.148. The van der Waals surface area contributed by atoms with E-state index in [2.05, 4.69) is 5.32 Å². The largest absolute Gasteiger partial charge is 0.452 e. The van der Waals surface area contributed by atoms with Crippen molar-refractivity contribution in [2.24, 2.45) is 0 Å². The van der Waals surface area contributed by atoms with Gasteiger partial charge in [0.2, 0.25) is 0 Å². The van der Waals surface area contributed by atoms with Gasteiger partial charge in [0, 0.05) is 11.6 Å². The van der Waals surface area contributed by atoms with Crippen LogP contribution in [0.2, 0.25) is 0 Å². The lowest BCUT2D eigenvalue weighted by Gasteiger charge is -2.15. The highest BCUT2D eigenvalue weighted by Gasteiger charge is 2.16. The van der Waals surface area contributed by atoms with Crippen molar-refractivity contribution in [3.63, 3.8) is 0 Å². The van der Waals surface area contributed by atoms with Gasteiger partial charge in [-0.25, -0.2) is 13.6 Å². The standard InChI is InChI=1S/C18H17F2NO3/c1-11-5-3-4-6-14(11)18(23)24-10-17(22)21-12(2)15-8-7-13(19)9-16(15)20/h3-9,12H,10H2,1-2H3,(H,21,22)/t12-/m1/s1. The first-order valence-electron chi connectivity index (χ1n) is 7.35. The second kappa shape index (κ2) is 7.68. The van der Waals surface area contributed by atoms with E-state index >= 15 is 0 Å². The Morgan fingerprint density at radius 3 is 2.54 bits per heavy atom. The highest BCUT2D eigenvalue weighted by Crippen LogP contribution is 2.17. The molecule has 0 bridgehead atoms. The summed E-state index contributed by atoms with van der Waals surface area (Å²) in [7, 11) is 0. The Balaban J connectivity index is 1.91. The van der Waals surface area contributed by atoms with Crippen LogP contribution in [0.4, 0.5) is 8.78 Å². The summed E-state index contributed by atoms with van der Waals surface area (Å²) < 4.78 is 31.5. The third kappa shape index (κ3) is 4.38. The van der Waals surface area contributed by atoms with E-state index in [9.17, 15) is 18.4 Å². The molecule has 2 aromatic carbocycles. The predicted octanol–water partition coefficient (Wildman–Crippen LogP) is 3.31. The second-order valence-electron chi connectivity index (χ2n) is 5.35. The van der Waals surface area contributed by atoms with Crippen LogP contribution in [0.15, 0.2) is 42.5 Å². The fraction of sp³-hybridized carbons (Fsp3) is 0.222. The molecule has 4 nitrogen and oxygen atoms in total. The summed E-state index contributed by atoms with van der Waals surface area (Å²) in [6.45, 7) is 2.83.